The number of halogens is 1. The fourth-order valence-corrected chi connectivity index (χ4v) is 5.13. The fourth-order valence-electron chi connectivity index (χ4n) is 3.93. The van der Waals surface area contributed by atoms with Crippen molar-refractivity contribution in [1.82, 2.24) is 4.90 Å². The summed E-state index contributed by atoms with van der Waals surface area (Å²) in [4.78, 5) is 28.7. The average molecular weight is 412 g/mol. The van der Waals surface area contributed by atoms with Gasteiger partial charge in [0.1, 0.15) is 0 Å². The van der Waals surface area contributed by atoms with Crippen molar-refractivity contribution in [2.75, 3.05) is 0 Å². The molecular weight excluding hydrogens is 390 g/mol. The lowest BCUT2D eigenvalue weighted by Crippen LogP contribution is -2.42. The summed E-state index contributed by atoms with van der Waals surface area (Å²) in [6, 6.07) is 17.2. The first-order chi connectivity index (χ1) is 13.6. The molecule has 1 fully saturated rings. The molecule has 0 spiro atoms. The molecule has 0 atom stereocenters. The minimum atomic E-state index is -0.158. The minimum Gasteiger partial charge on any atom is -0.271 e. The van der Waals surface area contributed by atoms with Gasteiger partial charge < -0.3 is 0 Å². The number of nitrogens with zero attached hydrogens (tertiary/aromatic N) is 1. The van der Waals surface area contributed by atoms with E-state index in [-0.39, 0.29) is 17.9 Å². The van der Waals surface area contributed by atoms with Crippen molar-refractivity contribution in [1.29, 1.82) is 0 Å². The summed E-state index contributed by atoms with van der Waals surface area (Å²) >= 11 is 7.49. The number of carbonyl (C=O) groups excluding carboxylic acids is 2. The highest BCUT2D eigenvalue weighted by atomic mass is 35.5. The van der Waals surface area contributed by atoms with Crippen LogP contribution in [0.15, 0.2) is 59.5 Å². The molecule has 0 radical (unpaired) electrons. The number of thioether (sulfide) groups is 1. The van der Waals surface area contributed by atoms with E-state index in [2.05, 4.69) is 0 Å². The molecule has 5 heteroatoms. The van der Waals surface area contributed by atoms with Crippen molar-refractivity contribution in [2.45, 2.75) is 43.9 Å². The molecule has 1 aliphatic heterocycles. The number of amides is 2. The van der Waals surface area contributed by atoms with Crippen LogP contribution in [0.1, 0.15) is 43.2 Å². The molecule has 0 aromatic heterocycles. The van der Waals surface area contributed by atoms with E-state index >= 15 is 0 Å². The van der Waals surface area contributed by atoms with E-state index < -0.39 is 0 Å². The Kier molecular flexibility index (Phi) is 5.88. The Morgan fingerprint density at radius 3 is 2.25 bits per heavy atom. The zero-order chi connectivity index (χ0) is 19.5. The molecule has 0 N–H and O–H groups in total. The maximum Gasteiger partial charge on any atom is 0.268 e. The van der Waals surface area contributed by atoms with Crippen LogP contribution >= 0.6 is 23.4 Å². The normalized spacial score (nSPS) is 18.2. The standard InChI is InChI=1S/C23H22ClNO2S/c24-18-13-11-17(12-14-18)20-21(28-15-16-7-3-1-4-8-16)23(27)25(22(20)26)19-9-5-2-6-10-19/h1,3-4,7-8,11-14,19H,2,5-6,9-10,15H2. The quantitative estimate of drug-likeness (QED) is 0.593. The van der Waals surface area contributed by atoms with Crippen molar-refractivity contribution < 1.29 is 9.59 Å². The van der Waals surface area contributed by atoms with Gasteiger partial charge >= 0.3 is 0 Å². The number of benzene rings is 2. The van der Waals surface area contributed by atoms with Gasteiger partial charge in [0.25, 0.3) is 11.8 Å². The molecule has 144 valence electrons. The van der Waals surface area contributed by atoms with Gasteiger partial charge in [0.15, 0.2) is 0 Å². The number of hydrogen-bond acceptors (Lipinski definition) is 3. The summed E-state index contributed by atoms with van der Waals surface area (Å²) < 4.78 is 0. The lowest BCUT2D eigenvalue weighted by Gasteiger charge is -2.29. The van der Waals surface area contributed by atoms with Gasteiger partial charge in [-0.05, 0) is 36.1 Å². The van der Waals surface area contributed by atoms with E-state index in [1.165, 1.54) is 23.1 Å². The van der Waals surface area contributed by atoms with Crippen LogP contribution in [0.5, 0.6) is 0 Å². The molecule has 2 aromatic carbocycles. The third-order valence-corrected chi connectivity index (χ3v) is 6.77. The van der Waals surface area contributed by atoms with Crippen LogP contribution < -0.4 is 0 Å². The second kappa shape index (κ2) is 8.54. The molecule has 2 aliphatic rings. The Hall–Kier alpha value is -2.04. The number of hydrogen-bond donors (Lipinski definition) is 0. The van der Waals surface area contributed by atoms with Crippen molar-refractivity contribution in [3.05, 3.63) is 75.7 Å². The first-order valence-corrected chi connectivity index (χ1v) is 11.1. The van der Waals surface area contributed by atoms with Crippen LogP contribution in [0.3, 0.4) is 0 Å². The third-order valence-electron chi connectivity index (χ3n) is 5.37. The van der Waals surface area contributed by atoms with E-state index in [9.17, 15) is 9.59 Å². The Bertz CT molecular complexity index is 902. The van der Waals surface area contributed by atoms with Gasteiger partial charge in [-0.3, -0.25) is 14.5 Å². The zero-order valence-electron chi connectivity index (χ0n) is 15.6. The number of rotatable bonds is 5. The summed E-state index contributed by atoms with van der Waals surface area (Å²) in [6.07, 6.45) is 5.14. The first kappa shape index (κ1) is 19.3. The molecule has 2 amide bonds. The van der Waals surface area contributed by atoms with Crippen LogP contribution in [0.4, 0.5) is 0 Å². The first-order valence-electron chi connectivity index (χ1n) is 9.70. The maximum atomic E-state index is 13.3. The fraction of sp³-hybridized carbons (Fsp3) is 0.304. The van der Waals surface area contributed by atoms with Crippen LogP contribution in [0, 0.1) is 0 Å². The van der Waals surface area contributed by atoms with Gasteiger partial charge in [-0.15, -0.1) is 11.8 Å². The van der Waals surface area contributed by atoms with E-state index in [0.717, 1.165) is 36.8 Å². The Morgan fingerprint density at radius 1 is 0.893 bits per heavy atom. The summed E-state index contributed by atoms with van der Waals surface area (Å²) in [6.45, 7) is 0. The molecule has 1 heterocycles. The maximum absolute atomic E-state index is 13.3. The predicted octanol–water partition coefficient (Wildman–Crippen LogP) is 5.69. The second-order valence-electron chi connectivity index (χ2n) is 7.26. The van der Waals surface area contributed by atoms with Crippen molar-refractivity contribution in [2.24, 2.45) is 0 Å². The minimum absolute atomic E-state index is 0.0193. The van der Waals surface area contributed by atoms with Crippen molar-refractivity contribution >= 4 is 40.8 Å². The van der Waals surface area contributed by atoms with Crippen molar-refractivity contribution in [3.8, 4) is 0 Å². The van der Waals surface area contributed by atoms with Gasteiger partial charge in [-0.25, -0.2) is 0 Å². The summed E-state index contributed by atoms with van der Waals surface area (Å²) in [5.74, 6) is 0.364. The van der Waals surface area contributed by atoms with Crippen LogP contribution in [-0.4, -0.2) is 22.8 Å². The predicted molar refractivity (Wildman–Crippen MR) is 115 cm³/mol. The monoisotopic (exact) mass is 411 g/mol. The molecule has 3 nitrogen and oxygen atoms in total. The highest BCUT2D eigenvalue weighted by Crippen LogP contribution is 2.40. The summed E-state index contributed by atoms with van der Waals surface area (Å²) in [5, 5.41) is 0.615. The molecule has 0 bridgehead atoms. The Balaban J connectivity index is 1.67. The molecule has 1 saturated carbocycles. The van der Waals surface area contributed by atoms with E-state index in [1.807, 2.05) is 42.5 Å². The topological polar surface area (TPSA) is 37.4 Å². The number of carbonyl (C=O) groups is 2. The van der Waals surface area contributed by atoms with Crippen LogP contribution in [0.2, 0.25) is 5.02 Å². The zero-order valence-corrected chi connectivity index (χ0v) is 17.1. The Morgan fingerprint density at radius 2 is 1.57 bits per heavy atom. The molecule has 4 rings (SSSR count). The lowest BCUT2D eigenvalue weighted by molar-refractivity contribution is -0.139. The number of imide groups is 1. The van der Waals surface area contributed by atoms with E-state index in [0.29, 0.717) is 21.3 Å². The van der Waals surface area contributed by atoms with Crippen LogP contribution in [0.25, 0.3) is 5.57 Å². The van der Waals surface area contributed by atoms with Crippen molar-refractivity contribution in [3.63, 3.8) is 0 Å². The molecular formula is C23H22ClNO2S. The SMILES string of the molecule is O=C1C(SCc2ccccc2)=C(c2ccc(Cl)cc2)C(=O)N1C1CCCCC1. The molecule has 0 saturated heterocycles. The van der Waals surface area contributed by atoms with Crippen LogP contribution in [-0.2, 0) is 15.3 Å². The molecule has 28 heavy (non-hydrogen) atoms. The van der Waals surface area contributed by atoms with Gasteiger partial charge in [0, 0.05) is 16.8 Å². The second-order valence-corrected chi connectivity index (χ2v) is 8.68. The van der Waals surface area contributed by atoms with E-state index in [4.69, 9.17) is 11.6 Å². The largest absolute Gasteiger partial charge is 0.271 e. The lowest BCUT2D eigenvalue weighted by atomic mass is 9.94. The van der Waals surface area contributed by atoms with Gasteiger partial charge in [-0.2, -0.15) is 0 Å². The highest BCUT2D eigenvalue weighted by Gasteiger charge is 2.42. The third kappa shape index (κ3) is 3.89. The molecule has 2 aromatic rings. The van der Waals surface area contributed by atoms with Gasteiger partial charge in [0.2, 0.25) is 0 Å². The Labute approximate surface area is 174 Å². The molecule has 0 unspecified atom stereocenters. The average Bonchev–Trinajstić information content (AvgIpc) is 2.98. The summed E-state index contributed by atoms with van der Waals surface area (Å²) in [7, 11) is 0. The van der Waals surface area contributed by atoms with Gasteiger partial charge in [0.05, 0.1) is 10.5 Å². The van der Waals surface area contributed by atoms with Gasteiger partial charge in [-0.1, -0.05) is 73.3 Å². The summed E-state index contributed by atoms with van der Waals surface area (Å²) in [5.41, 5.74) is 2.41. The molecule has 1 aliphatic carbocycles. The van der Waals surface area contributed by atoms with E-state index in [1.54, 1.807) is 12.1 Å². The smallest absolute Gasteiger partial charge is 0.268 e. The highest BCUT2D eigenvalue weighted by molar-refractivity contribution is 8.03.